The molecule has 31 heavy (non-hydrogen) atoms. The van der Waals surface area contributed by atoms with E-state index in [1.54, 1.807) is 12.1 Å². The summed E-state index contributed by atoms with van der Waals surface area (Å²) in [6.07, 6.45) is 2.94. The van der Waals surface area contributed by atoms with Gasteiger partial charge in [-0.25, -0.2) is 0 Å². The van der Waals surface area contributed by atoms with Crippen LogP contribution < -0.4 is 10.2 Å². The molecule has 2 atom stereocenters. The van der Waals surface area contributed by atoms with Crippen LogP contribution in [0.3, 0.4) is 0 Å². The molecular formula is C24H28N4O3. The highest BCUT2D eigenvalue weighted by Crippen LogP contribution is 2.38. The summed E-state index contributed by atoms with van der Waals surface area (Å²) in [6.45, 7) is 4.14. The van der Waals surface area contributed by atoms with Gasteiger partial charge in [0, 0.05) is 50.5 Å². The normalized spacial score (nSPS) is 23.0. The van der Waals surface area contributed by atoms with Crippen molar-refractivity contribution in [2.75, 3.05) is 31.1 Å². The fourth-order valence-corrected chi connectivity index (χ4v) is 4.97. The Kier molecular flexibility index (Phi) is 5.36. The number of hydrogen-bond acceptors (Lipinski definition) is 5. The highest BCUT2D eigenvalue weighted by Gasteiger charge is 2.42. The number of fused-ring (bicyclic) bond motifs is 3. The SMILES string of the molecule is O=C(NCC1CC1)[C@H]1Cc2cc([N+](=O)[O-])ccc2N2CCN(Cc3ccccc3)C[C@H]12. The zero-order valence-electron chi connectivity index (χ0n) is 17.6. The number of nitrogens with zero attached hydrogens (tertiary/aromatic N) is 3. The summed E-state index contributed by atoms with van der Waals surface area (Å²) < 4.78 is 0. The van der Waals surface area contributed by atoms with Crippen LogP contribution in [0.1, 0.15) is 24.0 Å². The Hall–Kier alpha value is -2.93. The summed E-state index contributed by atoms with van der Waals surface area (Å²) in [5, 5.41) is 14.5. The van der Waals surface area contributed by atoms with Gasteiger partial charge in [0.05, 0.1) is 16.9 Å². The van der Waals surface area contributed by atoms with Crippen molar-refractivity contribution in [2.45, 2.75) is 31.8 Å². The molecule has 1 saturated carbocycles. The van der Waals surface area contributed by atoms with Crippen molar-refractivity contribution >= 4 is 17.3 Å². The molecule has 1 N–H and O–H groups in total. The average Bonchev–Trinajstić information content (AvgIpc) is 3.61. The number of carbonyl (C=O) groups is 1. The molecule has 7 heteroatoms. The average molecular weight is 421 g/mol. The molecule has 2 aliphatic heterocycles. The molecule has 0 unspecified atom stereocenters. The standard InChI is InChI=1S/C24H28N4O3/c29-24(25-14-17-6-7-17)21-13-19-12-20(28(30)31)8-9-22(19)27-11-10-26(16-23(21)27)15-18-4-2-1-3-5-18/h1-5,8-9,12,17,21,23H,6-7,10-11,13-16H2,(H,25,29)/t21-,23+/m0/s1. The summed E-state index contributed by atoms with van der Waals surface area (Å²) in [6, 6.07) is 15.6. The first-order valence-electron chi connectivity index (χ1n) is 11.2. The first-order valence-corrected chi connectivity index (χ1v) is 11.2. The second-order valence-corrected chi connectivity index (χ2v) is 9.05. The lowest BCUT2D eigenvalue weighted by molar-refractivity contribution is -0.384. The van der Waals surface area contributed by atoms with Crippen LogP contribution in [0, 0.1) is 22.0 Å². The molecule has 1 aliphatic carbocycles. The quantitative estimate of drug-likeness (QED) is 0.574. The van der Waals surface area contributed by atoms with Crippen LogP contribution in [0.25, 0.3) is 0 Å². The Labute approximate surface area is 182 Å². The number of amides is 1. The molecular weight excluding hydrogens is 392 g/mol. The molecule has 0 bridgehead atoms. The van der Waals surface area contributed by atoms with E-state index in [0.717, 1.165) is 44.0 Å². The van der Waals surface area contributed by atoms with Crippen LogP contribution in [-0.4, -0.2) is 48.0 Å². The highest BCUT2D eigenvalue weighted by atomic mass is 16.6. The van der Waals surface area contributed by atoms with Crippen molar-refractivity contribution in [1.29, 1.82) is 0 Å². The third-order valence-corrected chi connectivity index (χ3v) is 6.84. The number of anilines is 1. The molecule has 2 aromatic carbocycles. The molecule has 1 amide bonds. The molecule has 7 nitrogen and oxygen atoms in total. The topological polar surface area (TPSA) is 78.7 Å². The molecule has 0 radical (unpaired) electrons. The minimum Gasteiger partial charge on any atom is -0.365 e. The summed E-state index contributed by atoms with van der Waals surface area (Å²) in [5.41, 5.74) is 3.32. The number of non-ortho nitro benzene ring substituents is 1. The molecule has 0 aromatic heterocycles. The van der Waals surface area contributed by atoms with E-state index >= 15 is 0 Å². The Bertz CT molecular complexity index is 976. The van der Waals surface area contributed by atoms with Gasteiger partial charge in [-0.3, -0.25) is 19.8 Å². The van der Waals surface area contributed by atoms with Gasteiger partial charge in [0.25, 0.3) is 5.69 Å². The van der Waals surface area contributed by atoms with Crippen LogP contribution in [0.2, 0.25) is 0 Å². The van der Waals surface area contributed by atoms with E-state index in [-0.39, 0.29) is 28.5 Å². The van der Waals surface area contributed by atoms with Crippen molar-refractivity contribution in [3.63, 3.8) is 0 Å². The van der Waals surface area contributed by atoms with Gasteiger partial charge in [0.15, 0.2) is 0 Å². The first kappa shape index (κ1) is 20.0. The molecule has 5 rings (SSSR count). The Morgan fingerprint density at radius 1 is 1.13 bits per heavy atom. The summed E-state index contributed by atoms with van der Waals surface area (Å²) >= 11 is 0. The van der Waals surface area contributed by atoms with E-state index in [9.17, 15) is 14.9 Å². The van der Waals surface area contributed by atoms with Crippen molar-refractivity contribution in [1.82, 2.24) is 10.2 Å². The highest BCUT2D eigenvalue weighted by molar-refractivity contribution is 5.82. The number of carbonyl (C=O) groups excluding carboxylic acids is 1. The largest absolute Gasteiger partial charge is 0.365 e. The predicted octanol–water partition coefficient (Wildman–Crippen LogP) is 2.98. The number of rotatable bonds is 6. The van der Waals surface area contributed by atoms with Gasteiger partial charge >= 0.3 is 0 Å². The lowest BCUT2D eigenvalue weighted by atomic mass is 9.83. The molecule has 162 valence electrons. The van der Waals surface area contributed by atoms with Crippen molar-refractivity contribution in [2.24, 2.45) is 11.8 Å². The second kappa shape index (κ2) is 8.30. The zero-order chi connectivity index (χ0) is 21.4. The van der Waals surface area contributed by atoms with Gasteiger partial charge in [0.1, 0.15) is 0 Å². The molecule has 2 aromatic rings. The third kappa shape index (κ3) is 4.28. The minimum absolute atomic E-state index is 0.0746. The maximum absolute atomic E-state index is 13.2. The molecule has 3 aliphatic rings. The first-order chi connectivity index (χ1) is 15.1. The molecule has 1 saturated heterocycles. The number of nitro benzene ring substituents is 1. The second-order valence-electron chi connectivity index (χ2n) is 9.05. The van der Waals surface area contributed by atoms with E-state index < -0.39 is 0 Å². The van der Waals surface area contributed by atoms with E-state index in [1.807, 2.05) is 12.1 Å². The van der Waals surface area contributed by atoms with Crippen molar-refractivity contribution in [3.8, 4) is 0 Å². The van der Waals surface area contributed by atoms with Gasteiger partial charge in [-0.2, -0.15) is 0 Å². The Morgan fingerprint density at radius 3 is 2.68 bits per heavy atom. The molecule has 2 fully saturated rings. The number of nitrogens with one attached hydrogen (secondary N) is 1. The van der Waals surface area contributed by atoms with Gasteiger partial charge in [-0.1, -0.05) is 30.3 Å². The molecule has 0 spiro atoms. The summed E-state index contributed by atoms with van der Waals surface area (Å²) in [4.78, 5) is 28.9. The summed E-state index contributed by atoms with van der Waals surface area (Å²) in [5.74, 6) is 0.505. The summed E-state index contributed by atoms with van der Waals surface area (Å²) in [7, 11) is 0. The van der Waals surface area contributed by atoms with Crippen LogP contribution >= 0.6 is 0 Å². The van der Waals surface area contributed by atoms with Crippen LogP contribution in [-0.2, 0) is 17.8 Å². The van der Waals surface area contributed by atoms with Crippen molar-refractivity contribution < 1.29 is 9.72 Å². The van der Waals surface area contributed by atoms with Gasteiger partial charge in [-0.05, 0) is 42.4 Å². The maximum atomic E-state index is 13.2. The minimum atomic E-state index is -0.355. The fraction of sp³-hybridized carbons (Fsp3) is 0.458. The van der Waals surface area contributed by atoms with Crippen LogP contribution in [0.5, 0.6) is 0 Å². The number of nitro groups is 1. The lowest BCUT2D eigenvalue weighted by Crippen LogP contribution is -2.61. The van der Waals surface area contributed by atoms with Crippen LogP contribution in [0.4, 0.5) is 11.4 Å². The van der Waals surface area contributed by atoms with E-state index in [0.29, 0.717) is 12.3 Å². The number of hydrogen-bond donors (Lipinski definition) is 1. The van der Waals surface area contributed by atoms with E-state index in [2.05, 4.69) is 39.4 Å². The maximum Gasteiger partial charge on any atom is 0.269 e. The van der Waals surface area contributed by atoms with Gasteiger partial charge in [0.2, 0.25) is 5.91 Å². The third-order valence-electron chi connectivity index (χ3n) is 6.84. The number of benzene rings is 2. The zero-order valence-corrected chi connectivity index (χ0v) is 17.6. The monoisotopic (exact) mass is 420 g/mol. The van der Waals surface area contributed by atoms with Crippen molar-refractivity contribution in [3.05, 3.63) is 69.8 Å². The van der Waals surface area contributed by atoms with E-state index in [4.69, 9.17) is 0 Å². The Balaban J connectivity index is 1.40. The van der Waals surface area contributed by atoms with Crippen LogP contribution in [0.15, 0.2) is 48.5 Å². The Morgan fingerprint density at radius 2 is 1.94 bits per heavy atom. The smallest absolute Gasteiger partial charge is 0.269 e. The molecule has 2 heterocycles. The van der Waals surface area contributed by atoms with E-state index in [1.165, 1.54) is 18.4 Å². The fourth-order valence-electron chi connectivity index (χ4n) is 4.97. The lowest BCUT2D eigenvalue weighted by Gasteiger charge is -2.49. The predicted molar refractivity (Wildman–Crippen MR) is 119 cm³/mol. The number of piperazine rings is 1. The van der Waals surface area contributed by atoms with Gasteiger partial charge in [-0.15, -0.1) is 0 Å². The van der Waals surface area contributed by atoms with Gasteiger partial charge < -0.3 is 10.2 Å².